The Bertz CT molecular complexity index is 473. The van der Waals surface area contributed by atoms with E-state index in [0.29, 0.717) is 0 Å². The number of hydrogen-bond acceptors (Lipinski definition) is 4. The number of hydrogen-bond donors (Lipinski definition) is 0. The average Bonchev–Trinajstić information content (AvgIpc) is 2.20. The predicted octanol–water partition coefficient (Wildman–Crippen LogP) is 2.76. The molecule has 0 aliphatic rings. The minimum Gasteiger partial charge on any atom is -0.358 e. The summed E-state index contributed by atoms with van der Waals surface area (Å²) in [6.45, 7) is 0. The highest BCUT2D eigenvalue weighted by atomic mass is 79.9. The van der Waals surface area contributed by atoms with Crippen molar-refractivity contribution in [2.75, 3.05) is 0 Å². The summed E-state index contributed by atoms with van der Waals surface area (Å²) in [5.74, 6) is -0.913. The van der Waals surface area contributed by atoms with Crippen molar-refractivity contribution in [3.05, 3.63) is 31.9 Å². The molecular weight excluding hydrogens is 288 g/mol. The van der Waals surface area contributed by atoms with Crippen LogP contribution >= 0.6 is 15.9 Å². The topological polar surface area (TPSA) is 79.8 Å². The van der Waals surface area contributed by atoms with Crippen LogP contribution in [-0.4, -0.2) is 9.91 Å². The van der Waals surface area contributed by atoms with E-state index < -0.39 is 22.7 Å². The molecule has 0 aliphatic carbocycles. The van der Waals surface area contributed by atoms with Crippen molar-refractivity contribution >= 4 is 21.7 Å². The number of alkyl halides is 2. The van der Waals surface area contributed by atoms with Crippen LogP contribution in [0.1, 0.15) is 17.7 Å². The number of nitrogens with zero attached hydrogens (tertiary/aromatic N) is 3. The molecule has 0 amide bonds. The number of nitriles is 1. The second-order valence-electron chi connectivity index (χ2n) is 2.72. The predicted molar refractivity (Wildman–Crippen MR) is 52.9 cm³/mol. The van der Waals surface area contributed by atoms with E-state index in [4.69, 9.17) is 5.26 Å². The van der Waals surface area contributed by atoms with E-state index in [1.165, 1.54) is 0 Å². The lowest BCUT2D eigenvalue weighted by atomic mass is 10.2. The van der Waals surface area contributed by atoms with Crippen molar-refractivity contribution in [2.24, 2.45) is 0 Å². The van der Waals surface area contributed by atoms with Gasteiger partial charge in [0, 0.05) is 0 Å². The zero-order valence-electron chi connectivity index (χ0n) is 7.65. The monoisotopic (exact) mass is 291 g/mol. The molecule has 0 aliphatic heterocycles. The molecule has 0 atom stereocenters. The summed E-state index contributed by atoms with van der Waals surface area (Å²) < 4.78 is 25.1. The van der Waals surface area contributed by atoms with Gasteiger partial charge in [-0.15, -0.1) is 0 Å². The molecule has 0 saturated heterocycles. The fourth-order valence-electron chi connectivity index (χ4n) is 1.04. The van der Waals surface area contributed by atoms with E-state index in [1.54, 1.807) is 6.07 Å². The Hall–Kier alpha value is -1.62. The van der Waals surface area contributed by atoms with Crippen LogP contribution in [0.15, 0.2) is 10.5 Å². The highest BCUT2D eigenvalue weighted by molar-refractivity contribution is 9.10. The van der Waals surface area contributed by atoms with Gasteiger partial charge in [-0.25, -0.2) is 8.78 Å². The van der Waals surface area contributed by atoms with Gasteiger partial charge in [-0.3, -0.25) is 0 Å². The van der Waals surface area contributed by atoms with Gasteiger partial charge in [0.05, 0.1) is 10.5 Å². The van der Waals surface area contributed by atoms with Crippen molar-refractivity contribution in [1.82, 2.24) is 4.98 Å². The Labute approximate surface area is 97.0 Å². The van der Waals surface area contributed by atoms with Crippen LogP contribution in [-0.2, 0) is 6.42 Å². The summed E-state index contributed by atoms with van der Waals surface area (Å²) in [5.41, 5.74) is -0.697. The molecule has 0 aromatic carbocycles. The lowest BCUT2D eigenvalue weighted by molar-refractivity contribution is -0.391. The summed E-state index contributed by atoms with van der Waals surface area (Å²) in [6, 6.07) is 2.66. The summed E-state index contributed by atoms with van der Waals surface area (Å²) in [5, 5.41) is 18.9. The number of rotatable bonds is 3. The van der Waals surface area contributed by atoms with Gasteiger partial charge in [-0.05, 0) is 31.9 Å². The van der Waals surface area contributed by atoms with Crippen LogP contribution in [0.2, 0.25) is 0 Å². The van der Waals surface area contributed by atoms with Gasteiger partial charge in [0.2, 0.25) is 0 Å². The molecule has 0 bridgehead atoms. The quantitative estimate of drug-likeness (QED) is 0.633. The number of aromatic nitrogens is 1. The van der Waals surface area contributed by atoms with Gasteiger partial charge in [0.1, 0.15) is 12.0 Å². The van der Waals surface area contributed by atoms with Crippen LogP contribution in [0.5, 0.6) is 0 Å². The molecule has 16 heavy (non-hydrogen) atoms. The molecule has 1 aromatic rings. The van der Waals surface area contributed by atoms with Gasteiger partial charge in [-0.2, -0.15) is 5.26 Å². The highest BCUT2D eigenvalue weighted by Gasteiger charge is 2.26. The first-order valence-electron chi connectivity index (χ1n) is 3.96. The van der Waals surface area contributed by atoms with Gasteiger partial charge in [0.15, 0.2) is 5.69 Å². The molecule has 84 valence electrons. The second kappa shape index (κ2) is 4.94. The molecule has 0 spiro atoms. The van der Waals surface area contributed by atoms with Crippen molar-refractivity contribution in [3.8, 4) is 6.07 Å². The first kappa shape index (κ1) is 12.4. The fourth-order valence-corrected chi connectivity index (χ4v) is 1.51. The Morgan fingerprint density at radius 2 is 2.31 bits per heavy atom. The van der Waals surface area contributed by atoms with E-state index in [1.807, 2.05) is 0 Å². The Morgan fingerprint density at radius 1 is 1.69 bits per heavy atom. The van der Waals surface area contributed by atoms with Gasteiger partial charge < -0.3 is 10.1 Å². The summed E-state index contributed by atoms with van der Waals surface area (Å²) in [6.07, 6.45) is -3.18. The first-order chi connectivity index (χ1) is 7.47. The maximum Gasteiger partial charge on any atom is 0.372 e. The van der Waals surface area contributed by atoms with E-state index in [2.05, 4.69) is 20.9 Å². The summed E-state index contributed by atoms with van der Waals surface area (Å²) >= 11 is 2.93. The van der Waals surface area contributed by atoms with Crippen molar-refractivity contribution in [3.63, 3.8) is 0 Å². The molecule has 0 N–H and O–H groups in total. The highest BCUT2D eigenvalue weighted by Crippen LogP contribution is 2.31. The van der Waals surface area contributed by atoms with Crippen molar-refractivity contribution in [1.29, 1.82) is 5.26 Å². The lowest BCUT2D eigenvalue weighted by Gasteiger charge is -2.03. The number of pyridine rings is 1. The second-order valence-corrected chi connectivity index (χ2v) is 3.58. The van der Waals surface area contributed by atoms with E-state index >= 15 is 0 Å². The number of halogens is 3. The third-order valence-corrected chi connectivity index (χ3v) is 2.40. The molecule has 8 heteroatoms. The molecule has 1 heterocycles. The summed E-state index contributed by atoms with van der Waals surface area (Å²) in [7, 11) is 0. The van der Waals surface area contributed by atoms with Crippen LogP contribution in [0.25, 0.3) is 0 Å². The third kappa shape index (κ3) is 2.49. The third-order valence-electron chi connectivity index (χ3n) is 1.71. The van der Waals surface area contributed by atoms with Gasteiger partial charge in [0.25, 0.3) is 6.43 Å². The smallest absolute Gasteiger partial charge is 0.358 e. The maximum absolute atomic E-state index is 12.5. The van der Waals surface area contributed by atoms with E-state index in [0.717, 1.165) is 6.07 Å². The largest absolute Gasteiger partial charge is 0.372 e. The SMILES string of the molecule is N#CCc1nc([N+](=O)[O-])c(C(F)F)cc1Br. The molecular formula is C8H4BrF2N3O2. The first-order valence-corrected chi connectivity index (χ1v) is 4.75. The zero-order chi connectivity index (χ0) is 12.3. The molecule has 0 saturated carbocycles. The van der Waals surface area contributed by atoms with E-state index in [-0.39, 0.29) is 16.6 Å². The van der Waals surface area contributed by atoms with Crippen LogP contribution in [0.4, 0.5) is 14.6 Å². The fraction of sp³-hybridized carbons (Fsp3) is 0.250. The maximum atomic E-state index is 12.5. The Kier molecular flexibility index (Phi) is 3.84. The van der Waals surface area contributed by atoms with Crippen molar-refractivity contribution < 1.29 is 13.7 Å². The minimum atomic E-state index is -2.99. The minimum absolute atomic E-state index is 0.0681. The standard InChI is InChI=1S/C8H4BrF2N3O2/c9-5-3-4(7(10)11)8(14(15)16)13-6(5)1-2-12/h3,7H,1H2. The van der Waals surface area contributed by atoms with Crippen molar-refractivity contribution in [2.45, 2.75) is 12.8 Å². The Morgan fingerprint density at radius 3 is 2.75 bits per heavy atom. The normalized spacial score (nSPS) is 10.2. The molecule has 0 radical (unpaired) electrons. The van der Waals surface area contributed by atoms with Gasteiger partial charge in [-0.1, -0.05) is 0 Å². The molecule has 1 aromatic heterocycles. The summed E-state index contributed by atoms with van der Waals surface area (Å²) in [4.78, 5) is 12.9. The lowest BCUT2D eigenvalue weighted by Crippen LogP contribution is -2.03. The molecule has 1 rings (SSSR count). The van der Waals surface area contributed by atoms with Crippen LogP contribution in [0.3, 0.4) is 0 Å². The van der Waals surface area contributed by atoms with Crippen LogP contribution in [0, 0.1) is 21.4 Å². The Balaban J connectivity index is 3.38. The van der Waals surface area contributed by atoms with Crippen LogP contribution < -0.4 is 0 Å². The van der Waals surface area contributed by atoms with Gasteiger partial charge >= 0.3 is 5.82 Å². The zero-order valence-corrected chi connectivity index (χ0v) is 9.24. The number of nitro groups is 1. The molecule has 0 unspecified atom stereocenters. The average molecular weight is 292 g/mol. The molecule has 5 nitrogen and oxygen atoms in total. The van der Waals surface area contributed by atoms with E-state index in [9.17, 15) is 18.9 Å². The molecule has 0 fully saturated rings.